The number of nitrogens with zero attached hydrogens (tertiary/aromatic N) is 2. The number of benzene rings is 1. The van der Waals surface area contributed by atoms with Crippen molar-refractivity contribution in [3.63, 3.8) is 0 Å². The predicted molar refractivity (Wildman–Crippen MR) is 107 cm³/mol. The van der Waals surface area contributed by atoms with E-state index < -0.39 is 10.1 Å². The van der Waals surface area contributed by atoms with E-state index in [2.05, 4.69) is 15.2 Å². The summed E-state index contributed by atoms with van der Waals surface area (Å²) < 4.78 is 29.6. The molecule has 2 saturated heterocycles. The lowest BCUT2D eigenvalue weighted by atomic mass is 9.83. The molecule has 2 aliphatic rings. The maximum Gasteiger partial charge on any atom is 0.294 e. The molecule has 2 aromatic rings. The van der Waals surface area contributed by atoms with E-state index >= 15 is 0 Å². The van der Waals surface area contributed by atoms with Crippen LogP contribution in [0.1, 0.15) is 12.0 Å². The first-order valence-electron chi connectivity index (χ1n) is 8.58. The molecule has 0 unspecified atom stereocenters. The van der Waals surface area contributed by atoms with E-state index in [9.17, 15) is 8.42 Å². The summed E-state index contributed by atoms with van der Waals surface area (Å²) in [4.78, 5) is 6.38. The Hall–Kier alpha value is -1.38. The van der Waals surface area contributed by atoms with Crippen molar-refractivity contribution >= 4 is 39.0 Å². The summed E-state index contributed by atoms with van der Waals surface area (Å²) in [5, 5.41) is 4.33. The first-order valence-corrected chi connectivity index (χ1v) is 10.8. The van der Waals surface area contributed by atoms with Crippen LogP contribution in [0.25, 0.3) is 0 Å². The quantitative estimate of drug-likeness (QED) is 0.561. The second-order valence-corrected chi connectivity index (χ2v) is 8.91. The van der Waals surface area contributed by atoms with Crippen LogP contribution in [0.3, 0.4) is 0 Å². The van der Waals surface area contributed by atoms with Gasteiger partial charge in [0.1, 0.15) is 5.15 Å². The Morgan fingerprint density at radius 2 is 1.96 bits per heavy atom. The van der Waals surface area contributed by atoms with Gasteiger partial charge in [0.2, 0.25) is 0 Å². The summed E-state index contributed by atoms with van der Waals surface area (Å²) in [6, 6.07) is 8.50. The molecule has 0 bridgehead atoms. The Bertz CT molecular complexity index is 907. The average Bonchev–Trinajstić information content (AvgIpc) is 2.59. The Morgan fingerprint density at radius 3 is 2.56 bits per heavy atom. The number of hydrogen-bond acceptors (Lipinski definition) is 5. The molecule has 2 aliphatic heterocycles. The van der Waals surface area contributed by atoms with Gasteiger partial charge in [0.05, 0.1) is 21.8 Å². The van der Waals surface area contributed by atoms with Crippen molar-refractivity contribution in [3.05, 3.63) is 52.3 Å². The molecule has 2 N–H and O–H groups in total. The van der Waals surface area contributed by atoms with Gasteiger partial charge in [-0.3, -0.25) is 4.55 Å². The van der Waals surface area contributed by atoms with Crippen molar-refractivity contribution < 1.29 is 13.0 Å². The zero-order valence-electron chi connectivity index (χ0n) is 14.8. The minimum atomic E-state index is -4.02. The number of nitrogens with one attached hydrogen (secondary N) is 1. The summed E-state index contributed by atoms with van der Waals surface area (Å²) >= 11 is 11.8. The second-order valence-electron chi connectivity index (χ2n) is 6.73. The lowest BCUT2D eigenvalue weighted by Crippen LogP contribution is -2.63. The molecule has 2 fully saturated rings. The standard InChI is InChI=1S/C11H13Cl2N3.C7H8O3S/c12-9-3-8(4-15-11(9)13)16-6-7-1-2-14-5-10(7)16;1-6-2-4-7(5-3-6)11(8,9)10/h3-4,7,10,14H,1-2,5-6H2;2-5H,1H3,(H,8,9,10)/t7-,10-;/m1./s1. The number of anilines is 1. The van der Waals surface area contributed by atoms with Crippen molar-refractivity contribution in [1.82, 2.24) is 10.3 Å². The van der Waals surface area contributed by atoms with Gasteiger partial charge in [-0.1, -0.05) is 40.9 Å². The average molecular weight is 430 g/mol. The fourth-order valence-corrected chi connectivity index (χ4v) is 4.04. The smallest absolute Gasteiger partial charge is 0.294 e. The van der Waals surface area contributed by atoms with Gasteiger partial charge in [-0.15, -0.1) is 0 Å². The fraction of sp³-hybridized carbons (Fsp3) is 0.389. The predicted octanol–water partition coefficient (Wildman–Crippen LogP) is 3.43. The zero-order chi connectivity index (χ0) is 19.6. The first kappa shape index (κ1) is 20.4. The Balaban J connectivity index is 0.000000168. The van der Waals surface area contributed by atoms with Crippen LogP contribution in [0, 0.1) is 12.8 Å². The van der Waals surface area contributed by atoms with Crippen molar-refractivity contribution in [2.24, 2.45) is 5.92 Å². The van der Waals surface area contributed by atoms with Crippen molar-refractivity contribution in [3.8, 4) is 0 Å². The number of piperidine rings is 1. The Kier molecular flexibility index (Phi) is 6.28. The highest BCUT2D eigenvalue weighted by atomic mass is 35.5. The van der Waals surface area contributed by atoms with Gasteiger partial charge in [-0.05, 0) is 44.0 Å². The minimum Gasteiger partial charge on any atom is -0.365 e. The highest BCUT2D eigenvalue weighted by Crippen LogP contribution is 2.35. The number of halogens is 2. The van der Waals surface area contributed by atoms with Gasteiger partial charge >= 0.3 is 0 Å². The normalized spacial score (nSPS) is 21.6. The molecule has 2 atom stereocenters. The second kappa shape index (κ2) is 8.32. The molecular formula is C18H21Cl2N3O3S. The topological polar surface area (TPSA) is 82.5 Å². The van der Waals surface area contributed by atoms with Crippen LogP contribution in [0.5, 0.6) is 0 Å². The van der Waals surface area contributed by atoms with E-state index in [4.69, 9.17) is 27.8 Å². The Morgan fingerprint density at radius 1 is 1.26 bits per heavy atom. The van der Waals surface area contributed by atoms with E-state index in [0.29, 0.717) is 16.2 Å². The first-order chi connectivity index (χ1) is 12.8. The minimum absolute atomic E-state index is 0.0666. The summed E-state index contributed by atoms with van der Waals surface area (Å²) in [7, 11) is -4.02. The number of rotatable bonds is 2. The zero-order valence-corrected chi connectivity index (χ0v) is 17.1. The molecule has 0 aliphatic carbocycles. The molecule has 27 heavy (non-hydrogen) atoms. The van der Waals surface area contributed by atoms with E-state index in [-0.39, 0.29) is 4.90 Å². The highest BCUT2D eigenvalue weighted by Gasteiger charge is 2.40. The van der Waals surface area contributed by atoms with Gasteiger partial charge < -0.3 is 10.2 Å². The lowest BCUT2D eigenvalue weighted by Gasteiger charge is -2.52. The van der Waals surface area contributed by atoms with Crippen molar-refractivity contribution in [2.45, 2.75) is 24.3 Å². The largest absolute Gasteiger partial charge is 0.365 e. The summed E-state index contributed by atoms with van der Waals surface area (Å²) in [5.41, 5.74) is 2.04. The molecular weight excluding hydrogens is 409 g/mol. The molecule has 0 spiro atoms. The van der Waals surface area contributed by atoms with Crippen LogP contribution in [0.4, 0.5) is 5.69 Å². The maximum absolute atomic E-state index is 10.5. The number of fused-ring (bicyclic) bond motifs is 1. The molecule has 146 valence electrons. The van der Waals surface area contributed by atoms with Crippen LogP contribution in [0.15, 0.2) is 41.4 Å². The summed E-state index contributed by atoms with van der Waals surface area (Å²) in [6.07, 6.45) is 3.08. The molecule has 4 rings (SSSR count). The third-order valence-electron chi connectivity index (χ3n) is 4.85. The number of aromatic nitrogens is 1. The van der Waals surface area contributed by atoms with Crippen LogP contribution in [-0.4, -0.2) is 43.6 Å². The highest BCUT2D eigenvalue weighted by molar-refractivity contribution is 7.85. The van der Waals surface area contributed by atoms with Gasteiger partial charge in [0.25, 0.3) is 10.1 Å². The lowest BCUT2D eigenvalue weighted by molar-refractivity contribution is 0.229. The molecule has 0 saturated carbocycles. The molecule has 0 amide bonds. The van der Waals surface area contributed by atoms with Gasteiger partial charge in [0, 0.05) is 19.1 Å². The molecule has 3 heterocycles. The van der Waals surface area contributed by atoms with Gasteiger partial charge in [-0.25, -0.2) is 4.98 Å². The van der Waals surface area contributed by atoms with E-state index in [0.717, 1.165) is 36.8 Å². The van der Waals surface area contributed by atoms with Gasteiger partial charge in [-0.2, -0.15) is 8.42 Å². The van der Waals surface area contributed by atoms with Crippen LogP contribution < -0.4 is 10.2 Å². The van der Waals surface area contributed by atoms with Crippen LogP contribution in [-0.2, 0) is 10.1 Å². The third-order valence-corrected chi connectivity index (χ3v) is 6.41. The van der Waals surface area contributed by atoms with Crippen molar-refractivity contribution in [1.29, 1.82) is 0 Å². The summed E-state index contributed by atoms with van der Waals surface area (Å²) in [6.45, 7) is 5.17. The van der Waals surface area contributed by atoms with E-state index in [1.165, 1.54) is 18.6 Å². The third kappa shape index (κ3) is 4.92. The monoisotopic (exact) mass is 429 g/mol. The summed E-state index contributed by atoms with van der Waals surface area (Å²) in [5.74, 6) is 0.829. The molecule has 6 nitrogen and oxygen atoms in total. The van der Waals surface area contributed by atoms with E-state index in [1.807, 2.05) is 13.0 Å². The number of aryl methyl sites for hydroxylation is 1. The number of hydrogen-bond donors (Lipinski definition) is 2. The maximum atomic E-state index is 10.5. The Labute approximate surface area is 169 Å². The molecule has 9 heteroatoms. The molecule has 1 aromatic carbocycles. The molecule has 1 aromatic heterocycles. The van der Waals surface area contributed by atoms with Crippen LogP contribution >= 0.6 is 23.2 Å². The number of pyridine rings is 1. The van der Waals surface area contributed by atoms with Gasteiger partial charge in [0.15, 0.2) is 0 Å². The van der Waals surface area contributed by atoms with E-state index in [1.54, 1.807) is 18.3 Å². The SMILES string of the molecule is Cc1ccc(S(=O)(=O)O)cc1.Clc1cc(N2C[C@H]3CCNC[C@H]32)cnc1Cl. The van der Waals surface area contributed by atoms with Crippen LogP contribution in [0.2, 0.25) is 10.2 Å². The fourth-order valence-electron chi connectivity index (χ4n) is 3.30. The van der Waals surface area contributed by atoms with Crippen molar-refractivity contribution in [2.75, 3.05) is 24.5 Å². The molecule has 0 radical (unpaired) electrons.